The topological polar surface area (TPSA) is 28.2 Å². The highest BCUT2D eigenvalue weighted by Gasteiger charge is 2.18. The van der Waals surface area contributed by atoms with Crippen LogP contribution in [0.1, 0.15) is 29.4 Å². The van der Waals surface area contributed by atoms with Crippen molar-refractivity contribution in [3.8, 4) is 0 Å². The molecule has 1 aromatic rings. The van der Waals surface area contributed by atoms with Crippen LogP contribution >= 0.6 is 11.3 Å². The maximum absolute atomic E-state index is 4.44. The van der Waals surface area contributed by atoms with E-state index in [1.807, 2.05) is 0 Å². The average molecular weight is 255 g/mol. The fourth-order valence-corrected chi connectivity index (χ4v) is 3.07. The summed E-state index contributed by atoms with van der Waals surface area (Å²) in [6.45, 7) is 11.8. The molecule has 0 fully saturated rings. The first-order valence-corrected chi connectivity index (χ1v) is 6.90. The van der Waals surface area contributed by atoms with Crippen molar-refractivity contribution in [2.45, 2.75) is 34.2 Å². The van der Waals surface area contributed by atoms with Gasteiger partial charge in [-0.15, -0.1) is 11.3 Å². The molecule has 0 aliphatic heterocycles. The molecular formula is C13H25N3S. The summed E-state index contributed by atoms with van der Waals surface area (Å²) in [5, 5.41) is 4.70. The minimum Gasteiger partial charge on any atom is -0.311 e. The predicted molar refractivity (Wildman–Crippen MR) is 75.6 cm³/mol. The maximum Gasteiger partial charge on any atom is 0.0900 e. The van der Waals surface area contributed by atoms with Crippen LogP contribution in [-0.4, -0.2) is 37.1 Å². The van der Waals surface area contributed by atoms with E-state index in [-0.39, 0.29) is 0 Å². The molecule has 98 valence electrons. The predicted octanol–water partition coefficient (Wildman–Crippen LogP) is 2.44. The Labute approximate surface area is 109 Å². The van der Waals surface area contributed by atoms with Gasteiger partial charge in [0.2, 0.25) is 0 Å². The first kappa shape index (κ1) is 14.6. The van der Waals surface area contributed by atoms with Crippen molar-refractivity contribution in [2.75, 3.05) is 27.2 Å². The first-order chi connectivity index (χ1) is 7.80. The number of nitrogens with one attached hydrogen (secondary N) is 1. The molecule has 1 N–H and O–H groups in total. The van der Waals surface area contributed by atoms with Crippen LogP contribution < -0.4 is 5.32 Å². The van der Waals surface area contributed by atoms with Crippen molar-refractivity contribution in [2.24, 2.45) is 5.41 Å². The number of hydrogen-bond donors (Lipinski definition) is 1. The maximum atomic E-state index is 4.44. The lowest BCUT2D eigenvalue weighted by molar-refractivity contribution is 0.232. The molecule has 0 aromatic carbocycles. The number of rotatable bonds is 6. The molecule has 0 amide bonds. The van der Waals surface area contributed by atoms with Crippen LogP contribution in [0.3, 0.4) is 0 Å². The van der Waals surface area contributed by atoms with Crippen LogP contribution in [0.15, 0.2) is 0 Å². The van der Waals surface area contributed by atoms with E-state index in [0.717, 1.165) is 24.6 Å². The van der Waals surface area contributed by atoms with Gasteiger partial charge in [0.1, 0.15) is 0 Å². The van der Waals surface area contributed by atoms with E-state index in [4.69, 9.17) is 0 Å². The Bertz CT molecular complexity index is 356. The summed E-state index contributed by atoms with van der Waals surface area (Å²) >= 11 is 1.79. The van der Waals surface area contributed by atoms with E-state index in [1.165, 1.54) is 10.6 Å². The second-order valence-electron chi connectivity index (χ2n) is 5.75. The highest BCUT2D eigenvalue weighted by Crippen LogP contribution is 2.18. The number of aryl methyl sites for hydroxylation is 2. The Morgan fingerprint density at radius 2 is 1.94 bits per heavy atom. The van der Waals surface area contributed by atoms with Crippen molar-refractivity contribution in [3.63, 3.8) is 0 Å². The van der Waals surface area contributed by atoms with Gasteiger partial charge >= 0.3 is 0 Å². The fraction of sp³-hybridized carbons (Fsp3) is 0.769. The number of thiazole rings is 1. The number of aromatic nitrogens is 1. The van der Waals surface area contributed by atoms with Gasteiger partial charge in [0.05, 0.1) is 10.7 Å². The van der Waals surface area contributed by atoms with Crippen LogP contribution in [0.2, 0.25) is 0 Å². The number of nitrogens with zero attached hydrogens (tertiary/aromatic N) is 2. The zero-order valence-corrected chi connectivity index (χ0v) is 12.7. The monoisotopic (exact) mass is 255 g/mol. The zero-order chi connectivity index (χ0) is 13.1. The van der Waals surface area contributed by atoms with Gasteiger partial charge in [0, 0.05) is 24.5 Å². The Hall–Kier alpha value is -0.450. The summed E-state index contributed by atoms with van der Waals surface area (Å²) < 4.78 is 0. The van der Waals surface area contributed by atoms with Crippen LogP contribution in [0.5, 0.6) is 0 Å². The molecule has 0 saturated heterocycles. The smallest absolute Gasteiger partial charge is 0.0900 e. The summed E-state index contributed by atoms with van der Waals surface area (Å²) in [5.41, 5.74) is 1.47. The minimum atomic E-state index is 0.303. The summed E-state index contributed by atoms with van der Waals surface area (Å²) in [6.07, 6.45) is 0. The third-order valence-electron chi connectivity index (χ3n) is 2.63. The van der Waals surface area contributed by atoms with Gasteiger partial charge < -0.3 is 10.2 Å². The molecule has 1 aromatic heterocycles. The lowest BCUT2D eigenvalue weighted by Crippen LogP contribution is -2.37. The highest BCUT2D eigenvalue weighted by molar-refractivity contribution is 7.11. The second kappa shape index (κ2) is 5.94. The van der Waals surface area contributed by atoms with Crippen molar-refractivity contribution in [1.82, 2.24) is 15.2 Å². The van der Waals surface area contributed by atoms with Crippen LogP contribution in [0.25, 0.3) is 0 Å². The fourth-order valence-electron chi connectivity index (χ4n) is 2.16. The van der Waals surface area contributed by atoms with E-state index in [1.54, 1.807) is 11.3 Å². The summed E-state index contributed by atoms with van der Waals surface area (Å²) in [4.78, 5) is 8.05. The summed E-state index contributed by atoms with van der Waals surface area (Å²) in [6, 6.07) is 0. The molecule has 0 bridgehead atoms. The molecule has 17 heavy (non-hydrogen) atoms. The average Bonchev–Trinajstić information content (AvgIpc) is 2.42. The highest BCUT2D eigenvalue weighted by atomic mass is 32.1. The van der Waals surface area contributed by atoms with Gasteiger partial charge in [-0.05, 0) is 33.4 Å². The van der Waals surface area contributed by atoms with E-state index in [0.29, 0.717) is 5.41 Å². The molecule has 0 saturated carbocycles. The van der Waals surface area contributed by atoms with Gasteiger partial charge in [-0.2, -0.15) is 0 Å². The van der Waals surface area contributed by atoms with Gasteiger partial charge in [-0.25, -0.2) is 4.98 Å². The minimum absolute atomic E-state index is 0.303. The lowest BCUT2D eigenvalue weighted by Gasteiger charge is -2.28. The Morgan fingerprint density at radius 3 is 2.41 bits per heavy atom. The van der Waals surface area contributed by atoms with Gasteiger partial charge in [-0.3, -0.25) is 0 Å². The van der Waals surface area contributed by atoms with E-state index in [9.17, 15) is 0 Å². The molecular weight excluding hydrogens is 230 g/mol. The van der Waals surface area contributed by atoms with Gasteiger partial charge in [0.15, 0.2) is 0 Å². The summed E-state index contributed by atoms with van der Waals surface area (Å²) in [7, 11) is 4.25. The van der Waals surface area contributed by atoms with Crippen molar-refractivity contribution in [3.05, 3.63) is 15.6 Å². The quantitative estimate of drug-likeness (QED) is 0.846. The molecule has 0 spiro atoms. The molecule has 0 atom stereocenters. The Kier molecular flexibility index (Phi) is 5.10. The first-order valence-electron chi connectivity index (χ1n) is 6.08. The molecule has 0 unspecified atom stereocenters. The van der Waals surface area contributed by atoms with Crippen LogP contribution in [0.4, 0.5) is 0 Å². The van der Waals surface area contributed by atoms with E-state index < -0.39 is 0 Å². The number of hydrogen-bond acceptors (Lipinski definition) is 4. The van der Waals surface area contributed by atoms with Crippen LogP contribution in [-0.2, 0) is 6.54 Å². The van der Waals surface area contributed by atoms with Gasteiger partial charge in [0.25, 0.3) is 0 Å². The molecule has 0 aliphatic rings. The lowest BCUT2D eigenvalue weighted by atomic mass is 9.93. The zero-order valence-electron chi connectivity index (χ0n) is 11.9. The molecule has 0 aliphatic carbocycles. The van der Waals surface area contributed by atoms with Crippen LogP contribution in [0, 0.1) is 19.3 Å². The Morgan fingerprint density at radius 1 is 1.29 bits per heavy atom. The molecule has 0 radical (unpaired) electrons. The molecule has 1 rings (SSSR count). The van der Waals surface area contributed by atoms with Gasteiger partial charge in [-0.1, -0.05) is 13.8 Å². The Balaban J connectivity index is 2.39. The molecule has 1 heterocycles. The normalized spacial score (nSPS) is 12.4. The molecule has 4 heteroatoms. The third-order valence-corrected chi connectivity index (χ3v) is 3.71. The third kappa shape index (κ3) is 5.15. The second-order valence-corrected chi connectivity index (χ2v) is 7.03. The molecule has 3 nitrogen and oxygen atoms in total. The van der Waals surface area contributed by atoms with Crippen molar-refractivity contribution in [1.29, 1.82) is 0 Å². The summed E-state index contributed by atoms with van der Waals surface area (Å²) in [5.74, 6) is 0. The standard InChI is InChI=1S/C13H25N3S/c1-10-12(17-11(2)15-10)7-14-8-13(3,4)9-16(5)6/h14H,7-9H2,1-6H3. The SMILES string of the molecule is Cc1nc(C)c(CNCC(C)(C)CN(C)C)s1. The van der Waals surface area contributed by atoms with Crippen molar-refractivity contribution >= 4 is 11.3 Å². The van der Waals surface area contributed by atoms with E-state index >= 15 is 0 Å². The van der Waals surface area contributed by atoms with E-state index in [2.05, 4.69) is 57.0 Å². The van der Waals surface area contributed by atoms with Crippen molar-refractivity contribution < 1.29 is 0 Å². The largest absolute Gasteiger partial charge is 0.311 e.